The van der Waals surface area contributed by atoms with E-state index in [2.05, 4.69) is 15.0 Å². The summed E-state index contributed by atoms with van der Waals surface area (Å²) in [6.07, 6.45) is -0.910. The fourth-order valence-electron chi connectivity index (χ4n) is 1.36. The van der Waals surface area contributed by atoms with Gasteiger partial charge in [0, 0.05) is 25.0 Å². The van der Waals surface area contributed by atoms with E-state index in [4.69, 9.17) is 0 Å². The number of hydrogen-bond acceptors (Lipinski definition) is 3. The minimum Gasteiger partial charge on any atom is -0.370 e. The van der Waals surface area contributed by atoms with E-state index in [0.29, 0.717) is 19.1 Å². The molecule has 1 rings (SSSR count). The highest BCUT2D eigenvalue weighted by molar-refractivity contribution is 4.92. The number of hydrogen-bond donors (Lipinski definition) is 1. The Bertz CT molecular complexity index is 350. The molecule has 7 heteroatoms. The van der Waals surface area contributed by atoms with Gasteiger partial charge in [-0.25, -0.2) is 4.98 Å². The predicted molar refractivity (Wildman–Crippen MR) is 61.1 cm³/mol. The summed E-state index contributed by atoms with van der Waals surface area (Å²) >= 11 is 0. The van der Waals surface area contributed by atoms with Gasteiger partial charge < -0.3 is 14.6 Å². The van der Waals surface area contributed by atoms with Crippen molar-refractivity contribution in [2.24, 2.45) is 0 Å². The third-order valence-electron chi connectivity index (χ3n) is 2.21. The molecule has 0 aliphatic heterocycles. The lowest BCUT2D eigenvalue weighted by molar-refractivity contribution is -0.174. The van der Waals surface area contributed by atoms with Crippen molar-refractivity contribution in [3.63, 3.8) is 0 Å². The summed E-state index contributed by atoms with van der Waals surface area (Å²) in [5.74, 6) is 0.791. The summed E-state index contributed by atoms with van der Waals surface area (Å²) < 4.78 is 41.9. The van der Waals surface area contributed by atoms with E-state index in [-0.39, 0.29) is 6.61 Å². The quantitative estimate of drug-likeness (QED) is 0.766. The lowest BCUT2D eigenvalue weighted by Crippen LogP contribution is -2.25. The van der Waals surface area contributed by atoms with E-state index < -0.39 is 12.8 Å². The number of aromatic nitrogens is 2. The van der Waals surface area contributed by atoms with Gasteiger partial charge in [-0.2, -0.15) is 13.2 Å². The van der Waals surface area contributed by atoms with Crippen LogP contribution in [0.25, 0.3) is 0 Å². The Morgan fingerprint density at radius 1 is 1.44 bits per heavy atom. The third-order valence-corrected chi connectivity index (χ3v) is 2.21. The molecule has 0 aromatic carbocycles. The zero-order valence-corrected chi connectivity index (χ0v) is 10.5. The maximum absolute atomic E-state index is 11.9. The molecule has 4 nitrogen and oxygen atoms in total. The van der Waals surface area contributed by atoms with Crippen LogP contribution in [0.3, 0.4) is 0 Å². The number of rotatable bonds is 7. The van der Waals surface area contributed by atoms with Crippen LogP contribution < -0.4 is 5.32 Å². The molecule has 0 saturated heterocycles. The molecule has 0 radical (unpaired) electrons. The van der Waals surface area contributed by atoms with Crippen LogP contribution in [-0.4, -0.2) is 35.0 Å². The highest BCUT2D eigenvalue weighted by Gasteiger charge is 2.27. The average molecular weight is 265 g/mol. The van der Waals surface area contributed by atoms with Crippen molar-refractivity contribution < 1.29 is 17.9 Å². The van der Waals surface area contributed by atoms with E-state index >= 15 is 0 Å². The number of nitrogens with one attached hydrogen (secondary N) is 1. The van der Waals surface area contributed by atoms with Gasteiger partial charge in [-0.3, -0.25) is 0 Å². The van der Waals surface area contributed by atoms with Crippen LogP contribution in [0.15, 0.2) is 12.4 Å². The van der Waals surface area contributed by atoms with Crippen molar-refractivity contribution >= 4 is 0 Å². The molecule has 0 aliphatic rings. The molecule has 1 heterocycles. The Labute approximate surface area is 104 Å². The first-order valence-corrected chi connectivity index (χ1v) is 5.76. The van der Waals surface area contributed by atoms with Crippen molar-refractivity contribution in [1.82, 2.24) is 14.9 Å². The fourth-order valence-corrected chi connectivity index (χ4v) is 1.36. The highest BCUT2D eigenvalue weighted by Crippen LogP contribution is 2.14. The normalized spacial score (nSPS) is 12.3. The number of ether oxygens (including phenoxy) is 1. The van der Waals surface area contributed by atoms with Gasteiger partial charge in [0.2, 0.25) is 0 Å². The summed E-state index contributed by atoms with van der Waals surface area (Å²) in [6, 6.07) is 0.330. The first kappa shape index (κ1) is 15.0. The van der Waals surface area contributed by atoms with Gasteiger partial charge >= 0.3 is 6.18 Å². The van der Waals surface area contributed by atoms with Gasteiger partial charge in [0.05, 0.1) is 13.2 Å². The van der Waals surface area contributed by atoms with Gasteiger partial charge in [0.1, 0.15) is 12.4 Å². The topological polar surface area (TPSA) is 39.1 Å². The molecule has 0 unspecified atom stereocenters. The Balaban J connectivity index is 2.32. The van der Waals surface area contributed by atoms with Crippen LogP contribution in [0.2, 0.25) is 0 Å². The zero-order chi connectivity index (χ0) is 13.6. The number of imidazole rings is 1. The number of alkyl halides is 3. The second kappa shape index (κ2) is 6.75. The smallest absolute Gasteiger partial charge is 0.370 e. The first-order valence-electron chi connectivity index (χ1n) is 5.76. The van der Waals surface area contributed by atoms with E-state index in [1.807, 2.05) is 13.8 Å². The van der Waals surface area contributed by atoms with Gasteiger partial charge in [-0.1, -0.05) is 13.8 Å². The molecule has 0 fully saturated rings. The molecule has 0 saturated carbocycles. The Morgan fingerprint density at radius 3 is 2.78 bits per heavy atom. The van der Waals surface area contributed by atoms with E-state index in [9.17, 15) is 13.2 Å². The molecule has 0 atom stereocenters. The molecular formula is C11H18F3N3O. The molecule has 1 N–H and O–H groups in total. The maximum atomic E-state index is 11.9. The van der Waals surface area contributed by atoms with Gasteiger partial charge in [-0.05, 0) is 0 Å². The molecule has 0 spiro atoms. The summed E-state index contributed by atoms with van der Waals surface area (Å²) in [6.45, 7) is 3.79. The van der Waals surface area contributed by atoms with Gasteiger partial charge in [0.15, 0.2) is 0 Å². The fraction of sp³-hybridized carbons (Fsp3) is 0.727. The minimum atomic E-state index is -4.27. The van der Waals surface area contributed by atoms with Crippen LogP contribution in [-0.2, 0) is 17.8 Å². The minimum absolute atomic E-state index is 0.0184. The van der Waals surface area contributed by atoms with Crippen molar-refractivity contribution in [2.45, 2.75) is 39.2 Å². The summed E-state index contributed by atoms with van der Waals surface area (Å²) in [5, 5.41) is 3.20. The second-order valence-corrected chi connectivity index (χ2v) is 4.24. The van der Waals surface area contributed by atoms with Crippen molar-refractivity contribution in [3.05, 3.63) is 18.2 Å². The van der Waals surface area contributed by atoms with Crippen LogP contribution in [0.4, 0.5) is 13.2 Å². The molecule has 0 aliphatic carbocycles. The molecule has 0 amide bonds. The van der Waals surface area contributed by atoms with Crippen molar-refractivity contribution in [3.8, 4) is 0 Å². The third kappa shape index (κ3) is 6.02. The molecule has 1 aromatic rings. The van der Waals surface area contributed by atoms with E-state index in [0.717, 1.165) is 5.82 Å². The standard InChI is InChI=1S/C11H18F3N3O/c1-9(2)16-7-10-15-3-4-17(10)5-6-18-8-11(12,13)14/h3-4,9,16H,5-8H2,1-2H3. The summed E-state index contributed by atoms with van der Waals surface area (Å²) in [7, 11) is 0. The van der Waals surface area contributed by atoms with E-state index in [1.54, 1.807) is 17.0 Å². The second-order valence-electron chi connectivity index (χ2n) is 4.24. The summed E-state index contributed by atoms with van der Waals surface area (Å²) in [5.41, 5.74) is 0. The number of nitrogens with zero attached hydrogens (tertiary/aromatic N) is 2. The van der Waals surface area contributed by atoms with Gasteiger partial charge in [-0.15, -0.1) is 0 Å². The maximum Gasteiger partial charge on any atom is 0.411 e. The van der Waals surface area contributed by atoms with Crippen molar-refractivity contribution in [2.75, 3.05) is 13.2 Å². The Morgan fingerprint density at radius 2 is 2.17 bits per heavy atom. The SMILES string of the molecule is CC(C)NCc1nccn1CCOCC(F)(F)F. The van der Waals surface area contributed by atoms with Crippen molar-refractivity contribution in [1.29, 1.82) is 0 Å². The molecular weight excluding hydrogens is 247 g/mol. The molecule has 104 valence electrons. The highest BCUT2D eigenvalue weighted by atomic mass is 19.4. The molecule has 0 bridgehead atoms. The molecule has 1 aromatic heterocycles. The van der Waals surface area contributed by atoms with Crippen LogP contribution >= 0.6 is 0 Å². The van der Waals surface area contributed by atoms with Crippen LogP contribution in [0.1, 0.15) is 19.7 Å². The van der Waals surface area contributed by atoms with Crippen LogP contribution in [0.5, 0.6) is 0 Å². The Hall–Kier alpha value is -1.08. The lowest BCUT2D eigenvalue weighted by Gasteiger charge is -2.11. The molecule has 18 heavy (non-hydrogen) atoms. The number of halogens is 3. The Kier molecular flexibility index (Phi) is 5.61. The predicted octanol–water partition coefficient (Wildman–Crippen LogP) is 1.96. The lowest BCUT2D eigenvalue weighted by atomic mass is 10.4. The largest absolute Gasteiger partial charge is 0.411 e. The van der Waals surface area contributed by atoms with Gasteiger partial charge in [0.25, 0.3) is 0 Å². The summed E-state index contributed by atoms with van der Waals surface area (Å²) in [4.78, 5) is 4.14. The van der Waals surface area contributed by atoms with Crippen LogP contribution in [0, 0.1) is 0 Å². The zero-order valence-electron chi connectivity index (χ0n) is 10.5. The first-order chi connectivity index (χ1) is 8.38. The monoisotopic (exact) mass is 265 g/mol. The average Bonchev–Trinajstić information content (AvgIpc) is 2.67. The van der Waals surface area contributed by atoms with E-state index in [1.165, 1.54) is 0 Å².